The van der Waals surface area contributed by atoms with Gasteiger partial charge in [0.15, 0.2) is 0 Å². The summed E-state index contributed by atoms with van der Waals surface area (Å²) in [5.74, 6) is -0.476. The Labute approximate surface area is 158 Å². The third-order valence-corrected chi connectivity index (χ3v) is 7.08. The van der Waals surface area contributed by atoms with E-state index in [9.17, 15) is 13.2 Å². The molecule has 0 saturated carbocycles. The topological polar surface area (TPSA) is 66.5 Å². The first-order valence-electron chi connectivity index (χ1n) is 8.51. The lowest BCUT2D eigenvalue weighted by Crippen LogP contribution is -2.43. The predicted molar refractivity (Wildman–Crippen MR) is 105 cm³/mol. The Balaban J connectivity index is 1.71. The lowest BCUT2D eigenvalue weighted by molar-refractivity contribution is -0.120. The van der Waals surface area contributed by atoms with Crippen molar-refractivity contribution < 1.29 is 13.2 Å². The molecule has 1 fully saturated rings. The fourth-order valence-electron chi connectivity index (χ4n) is 3.06. The highest BCUT2D eigenvalue weighted by molar-refractivity contribution is 7.98. The SMILES string of the molecule is CSc1cccc(NC(=O)[C@H]2CCCN(S(=O)(=O)c3ccccc3)C2)c1. The zero-order valence-corrected chi connectivity index (χ0v) is 16.2. The molecule has 7 heteroatoms. The lowest BCUT2D eigenvalue weighted by atomic mass is 9.99. The minimum absolute atomic E-state index is 0.129. The summed E-state index contributed by atoms with van der Waals surface area (Å²) in [5.41, 5.74) is 0.741. The van der Waals surface area contributed by atoms with Gasteiger partial charge in [-0.3, -0.25) is 4.79 Å². The van der Waals surface area contributed by atoms with E-state index in [1.165, 1.54) is 4.31 Å². The number of nitrogens with one attached hydrogen (secondary N) is 1. The van der Waals surface area contributed by atoms with Gasteiger partial charge in [-0.15, -0.1) is 11.8 Å². The van der Waals surface area contributed by atoms with E-state index in [0.717, 1.165) is 10.6 Å². The lowest BCUT2D eigenvalue weighted by Gasteiger charge is -2.31. The molecule has 2 aromatic carbocycles. The average Bonchev–Trinajstić information content (AvgIpc) is 2.69. The van der Waals surface area contributed by atoms with Gasteiger partial charge in [0.1, 0.15) is 0 Å². The van der Waals surface area contributed by atoms with Gasteiger partial charge in [0.2, 0.25) is 15.9 Å². The number of amides is 1. The maximum atomic E-state index is 12.8. The maximum Gasteiger partial charge on any atom is 0.243 e. The highest BCUT2D eigenvalue weighted by Crippen LogP contribution is 2.25. The minimum Gasteiger partial charge on any atom is -0.326 e. The van der Waals surface area contributed by atoms with Gasteiger partial charge in [-0.05, 0) is 49.4 Å². The summed E-state index contributed by atoms with van der Waals surface area (Å²) in [5, 5.41) is 2.92. The van der Waals surface area contributed by atoms with Gasteiger partial charge in [0, 0.05) is 23.7 Å². The number of benzene rings is 2. The van der Waals surface area contributed by atoms with Crippen molar-refractivity contribution in [1.29, 1.82) is 0 Å². The van der Waals surface area contributed by atoms with Gasteiger partial charge in [0.25, 0.3) is 0 Å². The van der Waals surface area contributed by atoms with Gasteiger partial charge in [0.05, 0.1) is 10.8 Å². The number of hydrogen-bond donors (Lipinski definition) is 1. The highest BCUT2D eigenvalue weighted by Gasteiger charge is 2.33. The van der Waals surface area contributed by atoms with Gasteiger partial charge in [-0.1, -0.05) is 24.3 Å². The second kappa shape index (κ2) is 8.24. The first-order chi connectivity index (χ1) is 12.5. The van der Waals surface area contributed by atoms with Gasteiger partial charge >= 0.3 is 0 Å². The van der Waals surface area contributed by atoms with E-state index in [4.69, 9.17) is 0 Å². The number of thioether (sulfide) groups is 1. The van der Waals surface area contributed by atoms with E-state index >= 15 is 0 Å². The van der Waals surface area contributed by atoms with Crippen molar-refractivity contribution in [1.82, 2.24) is 4.31 Å². The number of rotatable bonds is 5. The van der Waals surface area contributed by atoms with Crippen molar-refractivity contribution >= 4 is 33.4 Å². The number of carbonyl (C=O) groups is 1. The second-order valence-electron chi connectivity index (χ2n) is 6.24. The number of carbonyl (C=O) groups excluding carboxylic acids is 1. The van der Waals surface area contributed by atoms with Crippen LogP contribution in [0.5, 0.6) is 0 Å². The molecule has 1 aliphatic rings. The van der Waals surface area contributed by atoms with Crippen LogP contribution >= 0.6 is 11.8 Å². The van der Waals surface area contributed by atoms with Crippen molar-refractivity contribution in [2.24, 2.45) is 5.92 Å². The van der Waals surface area contributed by atoms with Crippen LogP contribution in [-0.4, -0.2) is 38.0 Å². The third kappa shape index (κ3) is 4.28. The number of nitrogens with zero attached hydrogens (tertiary/aromatic N) is 1. The zero-order chi connectivity index (χ0) is 18.6. The average molecular weight is 391 g/mol. The molecular formula is C19H22N2O3S2. The zero-order valence-electron chi connectivity index (χ0n) is 14.6. The summed E-state index contributed by atoms with van der Waals surface area (Å²) >= 11 is 1.61. The summed E-state index contributed by atoms with van der Waals surface area (Å²) in [6.07, 6.45) is 3.35. The van der Waals surface area contributed by atoms with Crippen LogP contribution in [0.4, 0.5) is 5.69 Å². The predicted octanol–water partition coefficient (Wildman–Crippen LogP) is 3.45. The maximum absolute atomic E-state index is 12.8. The molecule has 1 amide bonds. The van der Waals surface area contributed by atoms with E-state index in [-0.39, 0.29) is 23.3 Å². The summed E-state index contributed by atoms with van der Waals surface area (Å²) in [6, 6.07) is 16.0. The first-order valence-corrected chi connectivity index (χ1v) is 11.2. The van der Waals surface area contributed by atoms with E-state index in [1.54, 1.807) is 42.1 Å². The summed E-state index contributed by atoms with van der Waals surface area (Å²) in [7, 11) is -3.56. The van der Waals surface area contributed by atoms with Crippen LogP contribution in [0.15, 0.2) is 64.4 Å². The Morgan fingerprint density at radius 1 is 1.15 bits per heavy atom. The molecule has 138 valence electrons. The van der Waals surface area contributed by atoms with E-state index in [0.29, 0.717) is 19.4 Å². The molecule has 1 aliphatic heterocycles. The molecule has 0 radical (unpaired) electrons. The summed E-state index contributed by atoms with van der Waals surface area (Å²) in [4.78, 5) is 14.0. The fourth-order valence-corrected chi connectivity index (χ4v) is 5.07. The minimum atomic E-state index is -3.56. The molecule has 0 unspecified atom stereocenters. The van der Waals surface area contributed by atoms with Crippen LogP contribution in [0.25, 0.3) is 0 Å². The molecule has 5 nitrogen and oxygen atoms in total. The first kappa shape index (κ1) is 18.9. The molecule has 1 atom stereocenters. The monoisotopic (exact) mass is 390 g/mol. The molecule has 0 bridgehead atoms. The van der Waals surface area contributed by atoms with Crippen LogP contribution < -0.4 is 5.32 Å². The van der Waals surface area contributed by atoms with Crippen molar-refractivity contribution in [3.63, 3.8) is 0 Å². The largest absolute Gasteiger partial charge is 0.326 e. The summed E-state index contributed by atoms with van der Waals surface area (Å²) < 4.78 is 27.0. The number of anilines is 1. The molecule has 1 N–H and O–H groups in total. The van der Waals surface area contributed by atoms with Gasteiger partial charge in [-0.2, -0.15) is 4.31 Å². The molecule has 0 aromatic heterocycles. The van der Waals surface area contributed by atoms with Crippen LogP contribution in [0.2, 0.25) is 0 Å². The quantitative estimate of drug-likeness (QED) is 0.794. The Hall–Kier alpha value is -1.83. The smallest absolute Gasteiger partial charge is 0.243 e. The van der Waals surface area contributed by atoms with Gasteiger partial charge in [-0.25, -0.2) is 8.42 Å². The molecule has 2 aromatic rings. The van der Waals surface area contributed by atoms with Crippen LogP contribution in [-0.2, 0) is 14.8 Å². The van der Waals surface area contributed by atoms with E-state index < -0.39 is 10.0 Å². The number of piperidine rings is 1. The molecule has 26 heavy (non-hydrogen) atoms. The normalized spacial score (nSPS) is 18.4. The molecule has 3 rings (SSSR count). The summed E-state index contributed by atoms with van der Waals surface area (Å²) in [6.45, 7) is 0.661. The molecule has 1 heterocycles. The molecule has 1 saturated heterocycles. The Morgan fingerprint density at radius 2 is 1.92 bits per heavy atom. The number of sulfonamides is 1. The van der Waals surface area contributed by atoms with Crippen molar-refractivity contribution in [3.8, 4) is 0 Å². The van der Waals surface area contributed by atoms with E-state index in [2.05, 4.69) is 5.32 Å². The molecule has 0 spiro atoms. The highest BCUT2D eigenvalue weighted by atomic mass is 32.2. The van der Waals surface area contributed by atoms with E-state index in [1.807, 2.05) is 30.5 Å². The van der Waals surface area contributed by atoms with Crippen LogP contribution in [0, 0.1) is 5.92 Å². The molecular weight excluding hydrogens is 368 g/mol. The van der Waals surface area contributed by atoms with Crippen molar-refractivity contribution in [2.75, 3.05) is 24.7 Å². The third-order valence-electron chi connectivity index (χ3n) is 4.47. The Morgan fingerprint density at radius 3 is 2.65 bits per heavy atom. The van der Waals surface area contributed by atoms with Crippen molar-refractivity contribution in [2.45, 2.75) is 22.6 Å². The fraction of sp³-hybridized carbons (Fsp3) is 0.316. The Kier molecular flexibility index (Phi) is 6.01. The number of hydrogen-bond acceptors (Lipinski definition) is 4. The van der Waals surface area contributed by atoms with Crippen molar-refractivity contribution in [3.05, 3.63) is 54.6 Å². The van der Waals surface area contributed by atoms with Gasteiger partial charge < -0.3 is 5.32 Å². The standard InChI is InChI=1S/C19H22N2O3S2/c1-25-17-9-5-8-16(13-17)20-19(22)15-7-6-12-21(14-15)26(23,24)18-10-3-2-4-11-18/h2-5,8-11,13,15H,6-7,12,14H2,1H3,(H,20,22)/t15-/m0/s1. The molecule has 0 aliphatic carbocycles. The van der Waals surface area contributed by atoms with Crippen LogP contribution in [0.3, 0.4) is 0 Å². The Bertz CT molecular complexity index is 869. The second-order valence-corrected chi connectivity index (χ2v) is 9.05. The van der Waals surface area contributed by atoms with Crippen LogP contribution in [0.1, 0.15) is 12.8 Å².